The lowest BCUT2D eigenvalue weighted by Gasteiger charge is -2.22. The number of amides is 3. The van der Waals surface area contributed by atoms with Gasteiger partial charge in [-0.25, -0.2) is 22.5 Å². The molecule has 13 nitrogen and oxygen atoms in total. The Morgan fingerprint density at radius 2 is 1.79 bits per heavy atom. The third-order valence-electron chi connectivity index (χ3n) is 6.03. The number of nitrogens with zero attached hydrogens (tertiary/aromatic N) is 3. The van der Waals surface area contributed by atoms with Gasteiger partial charge in [-0.2, -0.15) is 5.10 Å². The van der Waals surface area contributed by atoms with Gasteiger partial charge in [-0.3, -0.25) is 19.1 Å². The Morgan fingerprint density at radius 3 is 2.38 bits per heavy atom. The molecule has 0 atom stereocenters. The minimum atomic E-state index is -3.84. The van der Waals surface area contributed by atoms with E-state index in [4.69, 9.17) is 4.74 Å². The van der Waals surface area contributed by atoms with Gasteiger partial charge < -0.3 is 20.7 Å². The molecule has 42 heavy (non-hydrogen) atoms. The Labute approximate surface area is 244 Å². The van der Waals surface area contributed by atoms with Crippen LogP contribution in [-0.4, -0.2) is 83.0 Å². The lowest BCUT2D eigenvalue weighted by molar-refractivity contribution is -0.117. The molecule has 0 aliphatic heterocycles. The zero-order valence-electron chi connectivity index (χ0n) is 24.0. The summed E-state index contributed by atoms with van der Waals surface area (Å²) in [5.74, 6) is -2.02. The van der Waals surface area contributed by atoms with Crippen LogP contribution in [0.5, 0.6) is 5.75 Å². The maximum atomic E-state index is 15.0. The van der Waals surface area contributed by atoms with Crippen LogP contribution in [0.1, 0.15) is 33.7 Å². The summed E-state index contributed by atoms with van der Waals surface area (Å²) in [5.41, 5.74) is 0.611. The average Bonchev–Trinajstić information content (AvgIpc) is 3.63. The van der Waals surface area contributed by atoms with E-state index in [2.05, 4.69) is 26.0 Å². The van der Waals surface area contributed by atoms with Gasteiger partial charge in [0.15, 0.2) is 5.75 Å². The Bertz CT molecular complexity index is 1690. The Balaban J connectivity index is 1.77. The molecule has 1 aliphatic rings. The second kappa shape index (κ2) is 11.5. The molecule has 4 rings (SSSR count). The summed E-state index contributed by atoms with van der Waals surface area (Å²) in [6.07, 6.45) is 3.73. The molecule has 2 heterocycles. The third kappa shape index (κ3) is 7.49. The van der Waals surface area contributed by atoms with Gasteiger partial charge in [0.2, 0.25) is 15.9 Å². The number of rotatable bonds is 10. The van der Waals surface area contributed by atoms with Gasteiger partial charge in [-0.15, -0.1) is 0 Å². The third-order valence-corrected chi connectivity index (χ3v) is 6.59. The van der Waals surface area contributed by atoms with E-state index < -0.39 is 32.9 Å². The molecule has 2 aromatic heterocycles. The first-order chi connectivity index (χ1) is 19.5. The van der Waals surface area contributed by atoms with Crippen LogP contribution in [0.2, 0.25) is 0 Å². The molecule has 1 aromatic carbocycles. The van der Waals surface area contributed by atoms with Crippen LogP contribution in [0.15, 0.2) is 30.5 Å². The van der Waals surface area contributed by atoms with Crippen molar-refractivity contribution in [1.82, 2.24) is 24.8 Å². The lowest BCUT2D eigenvalue weighted by atomic mass is 9.49. The SMILES string of the molecule is BC(B)(B)NC(=O)c1cnc(NC(=O)C2CC2)cc1Nc1cc(F)cc(-c2cc(C(=O)NS(C)(=O)=O)n(C)n2)c1OC. The van der Waals surface area contributed by atoms with Crippen molar-refractivity contribution in [2.75, 3.05) is 24.0 Å². The minimum absolute atomic E-state index is 0.0827. The van der Waals surface area contributed by atoms with Gasteiger partial charge >= 0.3 is 0 Å². The number of aryl methyl sites for hydroxylation is 1. The standard InChI is InChI=1S/C24H29B3FN7O6S/c1-35-18(23(38)34-42(3,39)40)8-16(33-35)13-6-12(28)7-17(20(13)41-2)30-15-9-19(31-21(36)11-4-5-11)29-10-14(15)22(37)32-24(25,26)27/h6-11H,4-5,25-27H2,1-3H3,(H,32,37)(H,34,38)(H2,29,30,31,36). The fourth-order valence-corrected chi connectivity index (χ4v) is 4.50. The molecule has 18 heteroatoms. The zero-order valence-corrected chi connectivity index (χ0v) is 24.8. The quantitative estimate of drug-likeness (QED) is 0.207. The number of halogens is 1. The number of carbonyl (C=O) groups excluding carboxylic acids is 3. The van der Waals surface area contributed by atoms with E-state index in [0.29, 0.717) is 0 Å². The number of sulfonamides is 1. The smallest absolute Gasteiger partial charge is 0.282 e. The van der Waals surface area contributed by atoms with Gasteiger partial charge in [-0.1, -0.05) is 0 Å². The normalized spacial score (nSPS) is 13.2. The summed E-state index contributed by atoms with van der Waals surface area (Å²) in [4.78, 5) is 42.2. The van der Waals surface area contributed by atoms with Crippen LogP contribution in [0.25, 0.3) is 11.3 Å². The summed E-state index contributed by atoms with van der Waals surface area (Å²) >= 11 is 0. The Kier molecular flexibility index (Phi) is 8.39. The molecule has 0 saturated heterocycles. The molecule has 4 N–H and O–H groups in total. The van der Waals surface area contributed by atoms with E-state index in [9.17, 15) is 22.8 Å². The summed E-state index contributed by atoms with van der Waals surface area (Å²) in [6.45, 7) is 0. The second-order valence-corrected chi connectivity index (χ2v) is 12.7. The summed E-state index contributed by atoms with van der Waals surface area (Å²) in [7, 11) is 4.38. The number of methoxy groups -OCH3 is 1. The van der Waals surface area contributed by atoms with Crippen molar-refractivity contribution in [3.05, 3.63) is 47.5 Å². The van der Waals surface area contributed by atoms with Crippen LogP contribution >= 0.6 is 0 Å². The topological polar surface area (TPSA) is 173 Å². The maximum absolute atomic E-state index is 15.0. The van der Waals surface area contributed by atoms with E-state index in [1.54, 1.807) is 0 Å². The van der Waals surface area contributed by atoms with Gasteiger partial charge in [0.25, 0.3) is 11.8 Å². The van der Waals surface area contributed by atoms with Gasteiger partial charge in [0.1, 0.15) is 40.9 Å². The maximum Gasteiger partial charge on any atom is 0.282 e. The summed E-state index contributed by atoms with van der Waals surface area (Å²) in [5, 5.41) is 12.3. The number of aromatic nitrogens is 3. The number of pyridine rings is 1. The van der Waals surface area contributed by atoms with Crippen molar-refractivity contribution < 1.29 is 31.9 Å². The second-order valence-electron chi connectivity index (χ2n) is 11.0. The first-order valence-electron chi connectivity index (χ1n) is 12.9. The number of carbonyl (C=O) groups is 3. The van der Waals surface area contributed by atoms with Crippen LogP contribution < -0.4 is 25.4 Å². The largest absolute Gasteiger partial charge is 0.494 e. The first kappa shape index (κ1) is 30.6. The molecule has 0 radical (unpaired) electrons. The summed E-state index contributed by atoms with van der Waals surface area (Å²) in [6, 6.07) is 5.06. The number of benzene rings is 1. The van der Waals surface area contributed by atoms with E-state index in [0.717, 1.165) is 35.9 Å². The molecule has 0 spiro atoms. The zero-order chi connectivity index (χ0) is 31.0. The highest BCUT2D eigenvalue weighted by atomic mass is 32.2. The molecule has 0 bridgehead atoms. The number of anilines is 3. The molecular weight excluding hydrogens is 566 g/mol. The first-order valence-corrected chi connectivity index (χ1v) is 14.8. The van der Waals surface area contributed by atoms with Gasteiger partial charge in [-0.05, 0) is 30.2 Å². The number of nitrogens with one attached hydrogen (secondary N) is 4. The number of hydrogen-bond acceptors (Lipinski definition) is 9. The Morgan fingerprint density at radius 1 is 1.10 bits per heavy atom. The Hall–Kier alpha value is -4.34. The number of hydrogen-bond donors (Lipinski definition) is 4. The predicted molar refractivity (Wildman–Crippen MR) is 162 cm³/mol. The number of ether oxygens (including phenoxy) is 1. The minimum Gasteiger partial charge on any atom is -0.494 e. The average molecular weight is 595 g/mol. The van der Waals surface area contributed by atoms with E-state index in [1.807, 2.05) is 28.3 Å². The molecule has 3 amide bonds. The van der Waals surface area contributed by atoms with Crippen molar-refractivity contribution in [2.45, 2.75) is 18.1 Å². The van der Waals surface area contributed by atoms with Crippen LogP contribution in [0.4, 0.5) is 21.6 Å². The van der Waals surface area contributed by atoms with Crippen molar-refractivity contribution in [3.8, 4) is 17.0 Å². The fourth-order valence-electron chi connectivity index (χ4n) is 4.06. The van der Waals surface area contributed by atoms with Crippen LogP contribution in [0.3, 0.4) is 0 Å². The van der Waals surface area contributed by atoms with E-state index in [-0.39, 0.29) is 57.3 Å². The summed E-state index contributed by atoms with van der Waals surface area (Å²) < 4.78 is 46.7. The van der Waals surface area contributed by atoms with Crippen LogP contribution in [-0.2, 0) is 21.9 Å². The molecule has 1 fully saturated rings. The van der Waals surface area contributed by atoms with Crippen molar-refractivity contribution in [3.63, 3.8) is 0 Å². The monoisotopic (exact) mass is 595 g/mol. The molecule has 1 aliphatic carbocycles. The molecule has 3 aromatic rings. The van der Waals surface area contributed by atoms with Gasteiger partial charge in [0.05, 0.1) is 36.0 Å². The molecule has 1 saturated carbocycles. The van der Waals surface area contributed by atoms with E-state index >= 15 is 4.39 Å². The van der Waals surface area contributed by atoms with Crippen molar-refractivity contribution in [1.29, 1.82) is 0 Å². The predicted octanol–water partition coefficient (Wildman–Crippen LogP) is -1.35. The van der Waals surface area contributed by atoms with Crippen LogP contribution in [0, 0.1) is 11.7 Å². The lowest BCUT2D eigenvalue weighted by Crippen LogP contribution is -2.50. The highest BCUT2D eigenvalue weighted by Crippen LogP contribution is 2.39. The van der Waals surface area contributed by atoms with Crippen molar-refractivity contribution in [2.24, 2.45) is 13.0 Å². The highest BCUT2D eigenvalue weighted by Gasteiger charge is 2.30. The molecule has 0 unspecified atom stereocenters. The van der Waals surface area contributed by atoms with E-state index in [1.165, 1.54) is 32.5 Å². The molecule has 218 valence electrons. The fraction of sp³-hybridized carbons (Fsp3) is 0.292. The van der Waals surface area contributed by atoms with Gasteiger partial charge in [0, 0.05) is 36.9 Å². The van der Waals surface area contributed by atoms with Crippen molar-refractivity contribution >= 4 is 68.5 Å². The highest BCUT2D eigenvalue weighted by molar-refractivity contribution is 7.89. The molecular formula is C24H29B3FN7O6S.